The average Bonchev–Trinajstić information content (AvgIpc) is 3.17. The summed E-state index contributed by atoms with van der Waals surface area (Å²) in [6, 6.07) is 14.0. The van der Waals surface area contributed by atoms with Crippen molar-refractivity contribution >= 4 is 28.4 Å². The zero-order valence-electron chi connectivity index (χ0n) is 20.5. The number of carbonyl (C=O) groups excluding carboxylic acids is 2. The van der Waals surface area contributed by atoms with Crippen LogP contribution >= 0.6 is 0 Å². The van der Waals surface area contributed by atoms with E-state index in [1.54, 1.807) is 12.0 Å². The molecule has 2 amide bonds. The molecule has 5 rings (SSSR count). The molecule has 0 saturated heterocycles. The van der Waals surface area contributed by atoms with Gasteiger partial charge in [0.15, 0.2) is 0 Å². The van der Waals surface area contributed by atoms with Gasteiger partial charge in [-0.25, -0.2) is 0 Å². The normalized spacial score (nSPS) is 20.9. The highest BCUT2D eigenvalue weighted by Gasteiger charge is 2.49. The summed E-state index contributed by atoms with van der Waals surface area (Å²) in [5.41, 5.74) is 3.31. The van der Waals surface area contributed by atoms with E-state index in [0.717, 1.165) is 59.2 Å². The zero-order chi connectivity index (χ0) is 24.0. The van der Waals surface area contributed by atoms with Gasteiger partial charge in [0.1, 0.15) is 17.0 Å². The Morgan fingerprint density at radius 2 is 1.74 bits per heavy atom. The molecule has 0 radical (unpaired) electrons. The van der Waals surface area contributed by atoms with Gasteiger partial charge in [-0.3, -0.25) is 14.5 Å². The van der Waals surface area contributed by atoms with Crippen molar-refractivity contribution in [2.45, 2.75) is 71.0 Å². The molecule has 1 aliphatic carbocycles. The van der Waals surface area contributed by atoms with Crippen molar-refractivity contribution in [1.29, 1.82) is 0 Å². The molecule has 1 N–H and O–H groups in total. The monoisotopic (exact) mass is 459 g/mol. The Balaban J connectivity index is 1.64. The van der Waals surface area contributed by atoms with Gasteiger partial charge < -0.3 is 14.6 Å². The molecule has 1 saturated carbocycles. The smallest absolute Gasteiger partial charge is 0.275 e. The van der Waals surface area contributed by atoms with Crippen molar-refractivity contribution in [3.8, 4) is 5.75 Å². The number of aromatic nitrogens is 1. The highest BCUT2D eigenvalue weighted by Crippen LogP contribution is 2.37. The van der Waals surface area contributed by atoms with Crippen LogP contribution in [-0.2, 0) is 11.3 Å². The van der Waals surface area contributed by atoms with E-state index in [-0.39, 0.29) is 17.9 Å². The van der Waals surface area contributed by atoms with Gasteiger partial charge in [0.05, 0.1) is 19.2 Å². The third-order valence-electron chi connectivity index (χ3n) is 7.39. The lowest BCUT2D eigenvalue weighted by Gasteiger charge is -2.45. The van der Waals surface area contributed by atoms with Gasteiger partial charge in [0, 0.05) is 23.2 Å². The fourth-order valence-electron chi connectivity index (χ4n) is 5.67. The fourth-order valence-corrected chi connectivity index (χ4v) is 5.67. The van der Waals surface area contributed by atoms with E-state index in [0.29, 0.717) is 12.2 Å². The summed E-state index contributed by atoms with van der Waals surface area (Å²) in [6.07, 6.45) is 5.47. The molecule has 2 aromatic carbocycles. The molecular formula is C28H33N3O3. The summed E-state index contributed by atoms with van der Waals surface area (Å²) in [6.45, 7) is 6.31. The number of anilines is 1. The molecule has 1 atom stereocenters. The van der Waals surface area contributed by atoms with E-state index < -0.39 is 5.54 Å². The molecule has 0 bridgehead atoms. The maximum absolute atomic E-state index is 14.1. The van der Waals surface area contributed by atoms with Crippen molar-refractivity contribution in [2.75, 3.05) is 12.0 Å². The molecule has 0 unspecified atom stereocenters. The molecule has 6 heteroatoms. The zero-order valence-corrected chi connectivity index (χ0v) is 20.5. The summed E-state index contributed by atoms with van der Waals surface area (Å²) in [7, 11) is 1.63. The number of carbonyl (C=O) groups is 2. The van der Waals surface area contributed by atoms with E-state index >= 15 is 0 Å². The van der Waals surface area contributed by atoms with E-state index in [4.69, 9.17) is 4.74 Å². The first-order valence-corrected chi connectivity index (χ1v) is 12.2. The standard InChI is InChI=1S/C28H33N3O3/c1-18-12-19(2)14-22(13-18)31-26(32)25-15-20-10-11-23(34-4)16-24(20)30(25)17-28(31,3)27(33)29-21-8-6-5-7-9-21/h10-16,21H,5-9,17H2,1-4H3,(H,29,33)/t28-/m1/s1. The van der Waals surface area contributed by atoms with Crippen LogP contribution in [0.25, 0.3) is 10.9 Å². The van der Waals surface area contributed by atoms with Crippen molar-refractivity contribution < 1.29 is 14.3 Å². The topological polar surface area (TPSA) is 63.6 Å². The van der Waals surface area contributed by atoms with Crippen molar-refractivity contribution in [2.24, 2.45) is 0 Å². The molecule has 0 spiro atoms. The average molecular weight is 460 g/mol. The lowest BCUT2D eigenvalue weighted by molar-refractivity contribution is -0.127. The summed E-state index contributed by atoms with van der Waals surface area (Å²) in [5, 5.41) is 4.26. The molecule has 178 valence electrons. The summed E-state index contributed by atoms with van der Waals surface area (Å²) < 4.78 is 7.42. The number of hydrogen-bond donors (Lipinski definition) is 1. The number of aryl methyl sites for hydroxylation is 2. The van der Waals surface area contributed by atoms with Crippen molar-refractivity contribution in [3.63, 3.8) is 0 Å². The van der Waals surface area contributed by atoms with Gasteiger partial charge in [0.2, 0.25) is 5.91 Å². The van der Waals surface area contributed by atoms with Gasteiger partial charge in [-0.05, 0) is 75.1 Å². The largest absolute Gasteiger partial charge is 0.497 e. The first-order valence-electron chi connectivity index (χ1n) is 12.2. The molecule has 34 heavy (non-hydrogen) atoms. The quantitative estimate of drug-likeness (QED) is 0.588. The predicted molar refractivity (Wildman–Crippen MR) is 135 cm³/mol. The molecular weight excluding hydrogens is 426 g/mol. The maximum atomic E-state index is 14.1. The summed E-state index contributed by atoms with van der Waals surface area (Å²) >= 11 is 0. The van der Waals surface area contributed by atoms with Gasteiger partial charge in [-0.1, -0.05) is 25.3 Å². The Labute approximate surface area is 200 Å². The van der Waals surface area contributed by atoms with Gasteiger partial charge in [0.25, 0.3) is 5.91 Å². The van der Waals surface area contributed by atoms with E-state index in [1.807, 2.05) is 61.7 Å². The minimum Gasteiger partial charge on any atom is -0.497 e. The first-order chi connectivity index (χ1) is 16.3. The fraction of sp³-hybridized carbons (Fsp3) is 0.429. The van der Waals surface area contributed by atoms with Gasteiger partial charge in [-0.2, -0.15) is 0 Å². The lowest BCUT2D eigenvalue weighted by Crippen LogP contribution is -2.65. The van der Waals surface area contributed by atoms with Crippen molar-refractivity contribution in [3.05, 3.63) is 59.3 Å². The van der Waals surface area contributed by atoms with Crippen LogP contribution < -0.4 is 15.0 Å². The number of methoxy groups -OCH3 is 1. The van der Waals surface area contributed by atoms with Crippen LogP contribution in [0.5, 0.6) is 5.75 Å². The second kappa shape index (κ2) is 8.49. The highest BCUT2D eigenvalue weighted by molar-refractivity contribution is 6.14. The Morgan fingerprint density at radius 3 is 2.41 bits per heavy atom. The number of nitrogens with zero attached hydrogens (tertiary/aromatic N) is 2. The van der Waals surface area contributed by atoms with Crippen LogP contribution in [0, 0.1) is 13.8 Å². The summed E-state index contributed by atoms with van der Waals surface area (Å²) in [4.78, 5) is 29.7. The minimum absolute atomic E-state index is 0.0951. The molecule has 1 aromatic heterocycles. The number of fused-ring (bicyclic) bond motifs is 3. The van der Waals surface area contributed by atoms with Crippen LogP contribution in [0.2, 0.25) is 0 Å². The van der Waals surface area contributed by atoms with Crippen LogP contribution in [-0.4, -0.2) is 35.1 Å². The Kier molecular flexibility index (Phi) is 5.62. The van der Waals surface area contributed by atoms with Crippen LogP contribution in [0.4, 0.5) is 5.69 Å². The van der Waals surface area contributed by atoms with Crippen LogP contribution in [0.15, 0.2) is 42.5 Å². The Bertz CT molecular complexity index is 1250. The Hall–Kier alpha value is -3.28. The molecule has 2 aliphatic rings. The third kappa shape index (κ3) is 3.75. The molecule has 6 nitrogen and oxygen atoms in total. The molecule has 2 heterocycles. The highest BCUT2D eigenvalue weighted by atomic mass is 16.5. The predicted octanol–water partition coefficient (Wildman–Crippen LogP) is 5.13. The molecule has 1 fully saturated rings. The maximum Gasteiger partial charge on any atom is 0.275 e. The molecule has 3 aromatic rings. The van der Waals surface area contributed by atoms with Crippen molar-refractivity contribution in [1.82, 2.24) is 9.88 Å². The number of rotatable bonds is 4. The van der Waals surface area contributed by atoms with Crippen LogP contribution in [0.1, 0.15) is 60.6 Å². The third-order valence-corrected chi connectivity index (χ3v) is 7.39. The summed E-state index contributed by atoms with van der Waals surface area (Å²) in [5.74, 6) is 0.473. The SMILES string of the molecule is COc1ccc2cc3n(c2c1)C[C@](C)(C(=O)NC1CCCCC1)N(c1cc(C)cc(C)c1)C3=O. The van der Waals surface area contributed by atoms with E-state index in [2.05, 4.69) is 11.4 Å². The first kappa shape index (κ1) is 22.5. The number of ether oxygens (including phenoxy) is 1. The van der Waals surface area contributed by atoms with Gasteiger partial charge in [-0.15, -0.1) is 0 Å². The lowest BCUT2D eigenvalue weighted by atomic mass is 9.90. The number of amides is 2. The number of benzene rings is 2. The van der Waals surface area contributed by atoms with Crippen LogP contribution in [0.3, 0.4) is 0 Å². The Morgan fingerprint density at radius 1 is 1.03 bits per heavy atom. The van der Waals surface area contributed by atoms with E-state index in [1.165, 1.54) is 6.42 Å². The van der Waals surface area contributed by atoms with E-state index in [9.17, 15) is 9.59 Å². The second-order valence-electron chi connectivity index (χ2n) is 10.1. The van der Waals surface area contributed by atoms with Gasteiger partial charge >= 0.3 is 0 Å². The minimum atomic E-state index is -1.07. The molecule has 1 aliphatic heterocycles. The number of nitrogens with one attached hydrogen (secondary N) is 1. The second-order valence-corrected chi connectivity index (χ2v) is 10.1. The number of hydrogen-bond acceptors (Lipinski definition) is 3.